The first kappa shape index (κ1) is 23.5. The minimum absolute atomic E-state index is 0.0463. The highest BCUT2D eigenvalue weighted by Crippen LogP contribution is 2.23. The number of aromatic amines is 1. The van der Waals surface area contributed by atoms with E-state index in [4.69, 9.17) is 16.3 Å². The van der Waals surface area contributed by atoms with E-state index in [1.807, 2.05) is 0 Å². The number of pyridine rings is 1. The third-order valence-electron chi connectivity index (χ3n) is 4.34. The average Bonchev–Trinajstić information content (AvgIpc) is 2.71. The van der Waals surface area contributed by atoms with Crippen molar-refractivity contribution in [3.63, 3.8) is 0 Å². The molecule has 8 nitrogen and oxygen atoms in total. The highest BCUT2D eigenvalue weighted by molar-refractivity contribution is 6.30. The number of likely N-dealkylation sites (N-methyl/N-ethyl adjacent to an activating group) is 1. The Morgan fingerprint density at radius 3 is 2.57 bits per heavy atom. The molecule has 2 rings (SSSR count). The van der Waals surface area contributed by atoms with Crippen molar-refractivity contribution in [3.8, 4) is 5.75 Å². The minimum atomic E-state index is -1.10. The van der Waals surface area contributed by atoms with Gasteiger partial charge in [-0.05, 0) is 13.1 Å². The smallest absolute Gasteiger partial charge is 0.257 e. The van der Waals surface area contributed by atoms with Crippen LogP contribution in [0.5, 0.6) is 5.75 Å². The molecule has 1 atom stereocenters. The van der Waals surface area contributed by atoms with Gasteiger partial charge in [0, 0.05) is 32.7 Å². The number of carbonyl (C=O) groups is 2. The van der Waals surface area contributed by atoms with Crippen LogP contribution in [0, 0.1) is 11.6 Å². The number of methoxy groups -OCH3 is 1. The minimum Gasteiger partial charge on any atom is -0.503 e. The predicted molar refractivity (Wildman–Crippen MR) is 105 cm³/mol. The Balaban J connectivity index is 2.49. The molecule has 0 saturated carbocycles. The van der Waals surface area contributed by atoms with Gasteiger partial charge in [0.2, 0.25) is 5.43 Å². The molecule has 0 saturated heterocycles. The number of ether oxygens (including phenoxy) is 1. The van der Waals surface area contributed by atoms with E-state index in [0.717, 1.165) is 19.1 Å². The fraction of sp³-hybridized carbons (Fsp3) is 0.316. The highest BCUT2D eigenvalue weighted by Gasteiger charge is 2.28. The first-order valence-electron chi connectivity index (χ1n) is 8.72. The number of rotatable bonds is 8. The van der Waals surface area contributed by atoms with Crippen molar-refractivity contribution in [1.29, 1.82) is 0 Å². The molecule has 162 valence electrons. The summed E-state index contributed by atoms with van der Waals surface area (Å²) in [4.78, 5) is 39.8. The summed E-state index contributed by atoms with van der Waals surface area (Å²) in [6.45, 7) is 0.884. The molecular weight excluding hydrogens is 424 g/mol. The topological polar surface area (TPSA) is 121 Å². The Labute approximate surface area is 175 Å². The van der Waals surface area contributed by atoms with E-state index in [1.165, 1.54) is 7.11 Å². The maximum atomic E-state index is 14.1. The highest BCUT2D eigenvalue weighted by atomic mass is 35.5. The summed E-state index contributed by atoms with van der Waals surface area (Å²) in [5, 5.41) is 14.5. The first-order valence-corrected chi connectivity index (χ1v) is 9.09. The summed E-state index contributed by atoms with van der Waals surface area (Å²) in [5.41, 5.74) is -2.14. The predicted octanol–water partition coefficient (Wildman–Crippen LogP) is 2.05. The van der Waals surface area contributed by atoms with Crippen LogP contribution in [0.25, 0.3) is 0 Å². The zero-order valence-electron chi connectivity index (χ0n) is 16.4. The summed E-state index contributed by atoms with van der Waals surface area (Å²) >= 11 is 5.52. The molecule has 0 bridgehead atoms. The number of aromatic nitrogens is 1. The lowest BCUT2D eigenvalue weighted by molar-refractivity contribution is 0.0886. The zero-order chi connectivity index (χ0) is 22.6. The van der Waals surface area contributed by atoms with Gasteiger partial charge >= 0.3 is 0 Å². The molecule has 11 heteroatoms. The largest absolute Gasteiger partial charge is 0.503 e. The Hall–Kier alpha value is -2.82. The Bertz CT molecular complexity index is 1040. The van der Waals surface area contributed by atoms with E-state index in [2.05, 4.69) is 15.6 Å². The molecule has 0 spiro atoms. The average molecular weight is 444 g/mol. The van der Waals surface area contributed by atoms with E-state index < -0.39 is 57.7 Å². The molecule has 1 heterocycles. The maximum absolute atomic E-state index is 14.1. The van der Waals surface area contributed by atoms with Gasteiger partial charge in [-0.25, -0.2) is 8.78 Å². The van der Waals surface area contributed by atoms with Crippen LogP contribution in [0.3, 0.4) is 0 Å². The SMILES string of the molecule is CNCC(OC)c1[nH]c(C(C)=O)c(O)c(=O)c1C(=O)NCc1ccc(F)c(Cl)c1F. The van der Waals surface area contributed by atoms with Gasteiger partial charge in [-0.15, -0.1) is 0 Å². The normalized spacial score (nSPS) is 11.9. The second-order valence-corrected chi connectivity index (χ2v) is 6.70. The monoisotopic (exact) mass is 443 g/mol. The fourth-order valence-corrected chi connectivity index (χ4v) is 2.97. The standard InChI is InChI=1S/C19H20ClF2N3O5/c1-8(26)15-18(28)17(27)12(16(25-15)11(30-3)7-23-2)19(29)24-6-9-4-5-10(21)13(20)14(9)22/h4-5,11,23,28H,6-7H2,1-3H3,(H,24,29)(H,25,27). The Kier molecular flexibility index (Phi) is 7.65. The van der Waals surface area contributed by atoms with Gasteiger partial charge in [0.05, 0.1) is 5.69 Å². The van der Waals surface area contributed by atoms with Crippen molar-refractivity contribution in [2.24, 2.45) is 0 Å². The number of halogens is 3. The molecule has 2 aromatic rings. The van der Waals surface area contributed by atoms with Gasteiger partial charge in [-0.3, -0.25) is 14.4 Å². The van der Waals surface area contributed by atoms with Gasteiger partial charge < -0.3 is 25.5 Å². The zero-order valence-corrected chi connectivity index (χ0v) is 17.1. The van der Waals surface area contributed by atoms with Crippen LogP contribution in [0.4, 0.5) is 8.78 Å². The van der Waals surface area contributed by atoms with Gasteiger partial charge in [0.25, 0.3) is 5.91 Å². The summed E-state index contributed by atoms with van der Waals surface area (Å²) in [5.74, 6) is -4.52. The van der Waals surface area contributed by atoms with Crippen LogP contribution in [0.1, 0.15) is 45.1 Å². The number of hydrogen-bond donors (Lipinski definition) is 4. The fourth-order valence-electron chi connectivity index (χ4n) is 2.79. The lowest BCUT2D eigenvalue weighted by Crippen LogP contribution is -2.34. The van der Waals surface area contributed by atoms with Gasteiger partial charge in [0.15, 0.2) is 11.5 Å². The molecule has 0 fully saturated rings. The van der Waals surface area contributed by atoms with E-state index in [9.17, 15) is 28.3 Å². The van der Waals surface area contributed by atoms with Crippen molar-refractivity contribution in [1.82, 2.24) is 15.6 Å². The number of Topliss-reactive ketones (excluding diaryl/α,β-unsaturated/α-hetero) is 1. The number of carbonyl (C=O) groups excluding carboxylic acids is 2. The quantitative estimate of drug-likeness (QED) is 0.366. The number of ketones is 1. The molecule has 1 aromatic carbocycles. The Morgan fingerprint density at radius 1 is 1.33 bits per heavy atom. The van der Waals surface area contributed by atoms with Crippen LogP contribution in [-0.2, 0) is 11.3 Å². The van der Waals surface area contributed by atoms with Crippen molar-refractivity contribution >= 4 is 23.3 Å². The van der Waals surface area contributed by atoms with Crippen LogP contribution >= 0.6 is 11.6 Å². The van der Waals surface area contributed by atoms with E-state index >= 15 is 0 Å². The number of nitrogens with one attached hydrogen (secondary N) is 3. The summed E-state index contributed by atoms with van der Waals surface area (Å²) in [6, 6.07) is 2.03. The molecular formula is C19H20ClF2N3O5. The third kappa shape index (κ3) is 4.66. The van der Waals surface area contributed by atoms with Gasteiger partial charge in [-0.1, -0.05) is 17.7 Å². The molecule has 0 aliphatic heterocycles. The number of amides is 1. The molecule has 1 unspecified atom stereocenters. The van der Waals surface area contributed by atoms with Crippen LogP contribution in [-0.4, -0.2) is 42.5 Å². The summed E-state index contributed by atoms with van der Waals surface area (Å²) < 4.78 is 32.6. The Morgan fingerprint density at radius 2 is 2.00 bits per heavy atom. The van der Waals surface area contributed by atoms with Gasteiger partial charge in [-0.2, -0.15) is 0 Å². The van der Waals surface area contributed by atoms with E-state index in [0.29, 0.717) is 0 Å². The van der Waals surface area contributed by atoms with Crippen LogP contribution in [0.15, 0.2) is 16.9 Å². The van der Waals surface area contributed by atoms with Crippen LogP contribution in [0.2, 0.25) is 5.02 Å². The van der Waals surface area contributed by atoms with Crippen molar-refractivity contribution in [2.45, 2.75) is 19.6 Å². The molecule has 1 amide bonds. The van der Waals surface area contributed by atoms with Crippen molar-refractivity contribution in [3.05, 3.63) is 61.5 Å². The number of aromatic hydroxyl groups is 1. The molecule has 0 aliphatic rings. The van der Waals surface area contributed by atoms with Crippen molar-refractivity contribution < 1.29 is 28.2 Å². The second-order valence-electron chi connectivity index (χ2n) is 6.32. The molecule has 0 radical (unpaired) electrons. The van der Waals surface area contributed by atoms with Gasteiger partial charge in [0.1, 0.15) is 34.0 Å². The molecule has 1 aromatic heterocycles. The summed E-state index contributed by atoms with van der Waals surface area (Å²) in [7, 11) is 2.94. The lowest BCUT2D eigenvalue weighted by Gasteiger charge is -2.20. The summed E-state index contributed by atoms with van der Waals surface area (Å²) in [6.07, 6.45) is -0.848. The molecule has 0 aliphatic carbocycles. The third-order valence-corrected chi connectivity index (χ3v) is 4.68. The lowest BCUT2D eigenvalue weighted by atomic mass is 10.0. The molecule has 30 heavy (non-hydrogen) atoms. The second kappa shape index (κ2) is 9.79. The number of hydrogen-bond acceptors (Lipinski definition) is 6. The number of benzene rings is 1. The number of H-pyrrole nitrogens is 1. The van der Waals surface area contributed by atoms with Crippen LogP contribution < -0.4 is 16.1 Å². The van der Waals surface area contributed by atoms with Crippen molar-refractivity contribution in [2.75, 3.05) is 20.7 Å². The molecule has 4 N–H and O–H groups in total. The van der Waals surface area contributed by atoms with E-state index in [1.54, 1.807) is 7.05 Å². The maximum Gasteiger partial charge on any atom is 0.257 e. The van der Waals surface area contributed by atoms with E-state index in [-0.39, 0.29) is 23.5 Å². The first-order chi connectivity index (χ1) is 14.1.